The van der Waals surface area contributed by atoms with E-state index >= 15 is 0 Å². The zero-order valence-corrected chi connectivity index (χ0v) is 14.3. The quantitative estimate of drug-likeness (QED) is 0.557. The van der Waals surface area contributed by atoms with E-state index in [1.54, 1.807) is 0 Å². The van der Waals surface area contributed by atoms with E-state index in [-0.39, 0.29) is 30.0 Å². The van der Waals surface area contributed by atoms with E-state index in [1.807, 2.05) is 30.9 Å². The Morgan fingerprint density at radius 1 is 1.50 bits per heavy atom. The van der Waals surface area contributed by atoms with Gasteiger partial charge in [-0.1, -0.05) is 26.0 Å². The number of rotatable bonds is 5. The average molecular weight is 335 g/mol. The highest BCUT2D eigenvalue weighted by atomic mass is 16.6. The van der Waals surface area contributed by atoms with Crippen LogP contribution in [0.25, 0.3) is 0 Å². The van der Waals surface area contributed by atoms with Gasteiger partial charge in [0.1, 0.15) is 11.5 Å². The van der Waals surface area contributed by atoms with Gasteiger partial charge in [-0.15, -0.1) is 0 Å². The summed E-state index contributed by atoms with van der Waals surface area (Å²) in [5, 5.41) is 0. The number of hydrogen-bond acceptors (Lipinski definition) is 5. The molecule has 0 aliphatic carbocycles. The molecular formula is C18H25NO5. The number of carbonyl (C=O) groups is 2. The van der Waals surface area contributed by atoms with Crippen LogP contribution in [0.15, 0.2) is 12.2 Å². The number of hydrogen-bond donors (Lipinski definition) is 0. The highest BCUT2D eigenvalue weighted by molar-refractivity contribution is 5.91. The Bertz CT molecular complexity index is 568. The summed E-state index contributed by atoms with van der Waals surface area (Å²) >= 11 is 0. The topological polar surface area (TPSA) is 65.1 Å². The van der Waals surface area contributed by atoms with Crippen LogP contribution in [0.5, 0.6) is 0 Å². The number of likely N-dealkylation sites (tertiary alicyclic amines) is 1. The van der Waals surface area contributed by atoms with Gasteiger partial charge in [0.05, 0.1) is 31.3 Å². The Labute approximate surface area is 142 Å². The maximum Gasteiger partial charge on any atom is 0.312 e. The van der Waals surface area contributed by atoms with Gasteiger partial charge >= 0.3 is 5.97 Å². The van der Waals surface area contributed by atoms with Crippen molar-refractivity contribution in [1.82, 2.24) is 4.90 Å². The zero-order chi connectivity index (χ0) is 16.9. The van der Waals surface area contributed by atoms with Gasteiger partial charge in [0.15, 0.2) is 0 Å². The molecule has 4 aliphatic rings. The Kier molecular flexibility index (Phi) is 3.92. The maximum atomic E-state index is 13.0. The number of amides is 1. The minimum absolute atomic E-state index is 0.00356. The van der Waals surface area contributed by atoms with Crippen molar-refractivity contribution in [2.24, 2.45) is 17.8 Å². The summed E-state index contributed by atoms with van der Waals surface area (Å²) in [6.07, 6.45) is 5.70. The fourth-order valence-corrected chi connectivity index (χ4v) is 4.38. The summed E-state index contributed by atoms with van der Waals surface area (Å²) < 4.78 is 17.1. The van der Waals surface area contributed by atoms with E-state index in [2.05, 4.69) is 0 Å². The van der Waals surface area contributed by atoms with E-state index in [0.717, 1.165) is 19.4 Å². The molecule has 0 radical (unpaired) electrons. The average Bonchev–Trinajstić information content (AvgIpc) is 3.28. The molecular weight excluding hydrogens is 310 g/mol. The zero-order valence-electron chi connectivity index (χ0n) is 14.3. The van der Waals surface area contributed by atoms with Gasteiger partial charge in [-0.25, -0.2) is 0 Å². The Morgan fingerprint density at radius 3 is 3.04 bits per heavy atom. The third-order valence-electron chi connectivity index (χ3n) is 5.46. The monoisotopic (exact) mass is 335 g/mol. The van der Waals surface area contributed by atoms with Crippen molar-refractivity contribution in [3.8, 4) is 0 Å². The third kappa shape index (κ3) is 2.47. The van der Waals surface area contributed by atoms with Crippen molar-refractivity contribution >= 4 is 11.9 Å². The molecule has 1 amide bonds. The fourth-order valence-electron chi connectivity index (χ4n) is 4.38. The van der Waals surface area contributed by atoms with Crippen molar-refractivity contribution in [1.29, 1.82) is 0 Å². The molecule has 5 atom stereocenters. The van der Waals surface area contributed by atoms with E-state index in [0.29, 0.717) is 19.7 Å². The molecule has 0 N–H and O–H groups in total. The first-order chi connectivity index (χ1) is 11.5. The van der Waals surface area contributed by atoms with Gasteiger partial charge in [-0.2, -0.15) is 0 Å². The molecule has 0 aromatic rings. The van der Waals surface area contributed by atoms with Crippen LogP contribution in [0.2, 0.25) is 0 Å². The molecule has 6 heteroatoms. The van der Waals surface area contributed by atoms with Gasteiger partial charge in [0.25, 0.3) is 0 Å². The number of esters is 1. The lowest BCUT2D eigenvalue weighted by Gasteiger charge is -2.23. The molecule has 0 aromatic heterocycles. The normalized spacial score (nSPS) is 40.0. The van der Waals surface area contributed by atoms with Gasteiger partial charge < -0.3 is 19.1 Å². The van der Waals surface area contributed by atoms with Crippen LogP contribution in [-0.2, 0) is 23.8 Å². The molecule has 3 saturated heterocycles. The molecule has 0 unspecified atom stereocenters. The lowest BCUT2D eigenvalue weighted by molar-refractivity contribution is -0.154. The second-order valence-corrected chi connectivity index (χ2v) is 7.78. The largest absolute Gasteiger partial charge is 0.465 e. The summed E-state index contributed by atoms with van der Waals surface area (Å²) in [4.78, 5) is 27.3. The van der Waals surface area contributed by atoms with Crippen molar-refractivity contribution in [2.45, 2.75) is 44.5 Å². The smallest absolute Gasteiger partial charge is 0.312 e. The van der Waals surface area contributed by atoms with E-state index in [9.17, 15) is 9.59 Å². The Morgan fingerprint density at radius 2 is 2.33 bits per heavy atom. The SMILES string of the molecule is CC(C)COC(=O)[C@H]1[C@@H]2C=C[C@]3(CN(C[C@@H]4CCCO4)C(=O)[C@H]13)O2. The predicted molar refractivity (Wildman–Crippen MR) is 85.1 cm³/mol. The Balaban J connectivity index is 1.50. The highest BCUT2D eigenvalue weighted by Gasteiger charge is 2.67. The summed E-state index contributed by atoms with van der Waals surface area (Å²) in [7, 11) is 0. The lowest BCUT2D eigenvalue weighted by atomic mass is 9.77. The highest BCUT2D eigenvalue weighted by Crippen LogP contribution is 2.52. The second kappa shape index (κ2) is 5.85. The van der Waals surface area contributed by atoms with Gasteiger partial charge in [-0.3, -0.25) is 9.59 Å². The van der Waals surface area contributed by atoms with Gasteiger partial charge in [0.2, 0.25) is 5.91 Å². The molecule has 6 nitrogen and oxygen atoms in total. The molecule has 3 fully saturated rings. The van der Waals surface area contributed by atoms with Crippen molar-refractivity contribution < 1.29 is 23.8 Å². The maximum absolute atomic E-state index is 13.0. The van der Waals surface area contributed by atoms with Crippen LogP contribution in [0.3, 0.4) is 0 Å². The van der Waals surface area contributed by atoms with Crippen LogP contribution < -0.4 is 0 Å². The molecule has 4 aliphatic heterocycles. The first-order valence-electron chi connectivity index (χ1n) is 8.94. The van der Waals surface area contributed by atoms with Gasteiger partial charge in [0, 0.05) is 13.2 Å². The van der Waals surface area contributed by atoms with Crippen molar-refractivity contribution in [2.75, 3.05) is 26.3 Å². The lowest BCUT2D eigenvalue weighted by Crippen LogP contribution is -2.40. The van der Waals surface area contributed by atoms with Crippen molar-refractivity contribution in [3.63, 3.8) is 0 Å². The van der Waals surface area contributed by atoms with E-state index < -0.39 is 17.4 Å². The molecule has 4 rings (SSSR count). The third-order valence-corrected chi connectivity index (χ3v) is 5.46. The van der Waals surface area contributed by atoms with Crippen LogP contribution in [0.4, 0.5) is 0 Å². The van der Waals surface area contributed by atoms with E-state index in [4.69, 9.17) is 14.2 Å². The summed E-state index contributed by atoms with van der Waals surface area (Å²) in [6.45, 7) is 6.24. The predicted octanol–water partition coefficient (Wildman–Crippen LogP) is 1.15. The molecule has 1 spiro atoms. The van der Waals surface area contributed by atoms with Crippen LogP contribution >= 0.6 is 0 Å². The van der Waals surface area contributed by atoms with E-state index in [1.165, 1.54) is 0 Å². The molecule has 4 heterocycles. The summed E-state index contributed by atoms with van der Waals surface area (Å²) in [5.74, 6) is -1.00. The summed E-state index contributed by atoms with van der Waals surface area (Å²) in [5.41, 5.74) is -0.651. The molecule has 24 heavy (non-hydrogen) atoms. The molecule has 0 aromatic carbocycles. The molecule has 0 saturated carbocycles. The number of ether oxygens (including phenoxy) is 3. The summed E-state index contributed by atoms with van der Waals surface area (Å²) in [6, 6.07) is 0. The van der Waals surface area contributed by atoms with Crippen LogP contribution in [-0.4, -0.2) is 60.9 Å². The number of fused-ring (bicyclic) bond motifs is 1. The second-order valence-electron chi connectivity index (χ2n) is 7.78. The minimum Gasteiger partial charge on any atom is -0.465 e. The van der Waals surface area contributed by atoms with Crippen LogP contribution in [0, 0.1) is 17.8 Å². The van der Waals surface area contributed by atoms with Gasteiger partial charge in [-0.05, 0) is 18.8 Å². The number of nitrogens with zero attached hydrogens (tertiary/aromatic N) is 1. The number of carbonyl (C=O) groups excluding carboxylic acids is 2. The molecule has 2 bridgehead atoms. The van der Waals surface area contributed by atoms with Crippen LogP contribution in [0.1, 0.15) is 26.7 Å². The van der Waals surface area contributed by atoms with Crippen molar-refractivity contribution in [3.05, 3.63) is 12.2 Å². The fraction of sp³-hybridized carbons (Fsp3) is 0.778. The Hall–Kier alpha value is -1.40. The minimum atomic E-state index is -0.651. The molecule has 132 valence electrons. The first kappa shape index (κ1) is 16.1. The standard InChI is InChI=1S/C18H25NO5/c1-11(2)9-23-17(21)14-13-5-6-18(24-13)10-19(16(20)15(14)18)8-12-4-3-7-22-12/h5-6,11-15H,3-4,7-10H2,1-2H3/t12-,13-,14-,15-,18+/m0/s1. The first-order valence-corrected chi connectivity index (χ1v) is 8.94.